The Hall–Kier alpha value is -3.52. The molecule has 3 aromatic carbocycles. The van der Waals surface area contributed by atoms with Crippen molar-refractivity contribution in [3.63, 3.8) is 0 Å². The normalized spacial score (nSPS) is 13.6. The molecule has 0 spiro atoms. The second kappa shape index (κ2) is 9.77. The Labute approximate surface area is 199 Å². The lowest BCUT2D eigenvalue weighted by molar-refractivity contribution is -0.139. The highest BCUT2D eigenvalue weighted by atomic mass is 32.2. The van der Waals surface area contributed by atoms with Gasteiger partial charge in [0.2, 0.25) is 0 Å². The molecule has 1 aliphatic heterocycles. The Morgan fingerprint density at radius 3 is 2.21 bits per heavy atom. The molecule has 0 fully saturated rings. The molecule has 8 heteroatoms. The maximum absolute atomic E-state index is 13.9. The molecule has 0 aromatic heterocycles. The van der Waals surface area contributed by atoms with E-state index >= 15 is 0 Å². The van der Waals surface area contributed by atoms with E-state index in [0.717, 1.165) is 0 Å². The van der Waals surface area contributed by atoms with Crippen molar-refractivity contribution in [1.82, 2.24) is 0 Å². The molecule has 0 amide bonds. The minimum absolute atomic E-state index is 0.0764. The minimum Gasteiger partial charge on any atom is -0.486 e. The molecule has 3 aromatic rings. The number of hydrogen-bond acceptors (Lipinski definition) is 6. The monoisotopic (exact) mass is 481 g/mol. The van der Waals surface area contributed by atoms with Gasteiger partial charge in [0.15, 0.2) is 27.9 Å². The highest BCUT2D eigenvalue weighted by Crippen LogP contribution is 2.41. The third-order valence-corrected chi connectivity index (χ3v) is 8.59. The fraction of sp³-hybridized carbons (Fsp3) is 0.269. The summed E-state index contributed by atoms with van der Waals surface area (Å²) in [6, 6.07) is 23.7. The van der Waals surface area contributed by atoms with Crippen molar-refractivity contribution in [3.8, 4) is 11.5 Å². The molecular weight excluding hydrogens is 454 g/mol. The summed E-state index contributed by atoms with van der Waals surface area (Å²) in [5.74, 6) is -0.406. The molecular formula is C26H27NO6S. The van der Waals surface area contributed by atoms with Gasteiger partial charge in [0.05, 0.1) is 18.0 Å². The van der Waals surface area contributed by atoms with Crippen LogP contribution in [0, 0.1) is 0 Å². The molecule has 0 aliphatic carbocycles. The van der Waals surface area contributed by atoms with E-state index in [0.29, 0.717) is 41.5 Å². The number of carbonyl (C=O) groups is 1. The van der Waals surface area contributed by atoms with Crippen LogP contribution in [0.15, 0.2) is 78.9 Å². The second-order valence-electron chi connectivity index (χ2n) is 8.21. The van der Waals surface area contributed by atoms with Crippen molar-refractivity contribution in [3.05, 3.63) is 90.0 Å². The number of fused-ring (bicyclic) bond motifs is 1. The van der Waals surface area contributed by atoms with E-state index in [2.05, 4.69) is 0 Å². The van der Waals surface area contributed by atoms with E-state index in [4.69, 9.17) is 14.6 Å². The van der Waals surface area contributed by atoms with Crippen molar-refractivity contribution in [2.75, 3.05) is 37.0 Å². The molecule has 34 heavy (non-hydrogen) atoms. The zero-order valence-corrected chi connectivity index (χ0v) is 19.7. The first kappa shape index (κ1) is 23.6. The molecule has 0 saturated carbocycles. The first-order chi connectivity index (χ1) is 16.3. The number of anilines is 1. The lowest BCUT2D eigenvalue weighted by Gasteiger charge is -2.34. The molecule has 0 saturated heterocycles. The van der Waals surface area contributed by atoms with Crippen LogP contribution in [0.1, 0.15) is 18.1 Å². The highest BCUT2D eigenvalue weighted by molar-refractivity contribution is 7.92. The number of carboxylic acids is 1. The Kier molecular flexibility index (Phi) is 6.79. The number of hydrogen-bond donors (Lipinski definition) is 1. The highest BCUT2D eigenvalue weighted by Gasteiger charge is 2.42. The number of sulfone groups is 1. The maximum Gasteiger partial charge on any atom is 0.341 e. The predicted molar refractivity (Wildman–Crippen MR) is 130 cm³/mol. The minimum atomic E-state index is -3.65. The third-order valence-electron chi connectivity index (χ3n) is 6.16. The Bertz CT molecular complexity index is 1210. The molecule has 178 valence electrons. The van der Waals surface area contributed by atoms with Crippen LogP contribution in [0.5, 0.6) is 11.5 Å². The average molecular weight is 482 g/mol. The topological polar surface area (TPSA) is 93.1 Å². The largest absolute Gasteiger partial charge is 0.486 e. The van der Waals surface area contributed by atoms with Gasteiger partial charge in [-0.15, -0.1) is 0 Å². The van der Waals surface area contributed by atoms with Crippen molar-refractivity contribution in [2.24, 2.45) is 0 Å². The van der Waals surface area contributed by atoms with Gasteiger partial charge in [-0.25, -0.2) is 13.2 Å². The summed E-state index contributed by atoms with van der Waals surface area (Å²) in [6.45, 7) is 2.39. The van der Waals surface area contributed by atoms with E-state index in [1.807, 2.05) is 71.6 Å². The molecule has 4 rings (SSSR count). The van der Waals surface area contributed by atoms with Gasteiger partial charge in [0, 0.05) is 6.54 Å². The van der Waals surface area contributed by atoms with E-state index < -0.39 is 27.2 Å². The van der Waals surface area contributed by atoms with Crippen LogP contribution in [0.4, 0.5) is 5.69 Å². The summed E-state index contributed by atoms with van der Waals surface area (Å²) < 4.78 is 37.7. The lowest BCUT2D eigenvalue weighted by Crippen LogP contribution is -2.41. The van der Waals surface area contributed by atoms with E-state index in [1.165, 1.54) is 0 Å². The summed E-state index contributed by atoms with van der Waals surface area (Å²) in [6.07, 6.45) is 0. The molecule has 7 nitrogen and oxygen atoms in total. The SMILES string of the molecule is CC(c1ccccc1)(c1ccccc1)S(=O)(=O)CCN1CCOc2c(OCC(=O)O)cccc21. The fourth-order valence-electron chi connectivity index (χ4n) is 4.23. The van der Waals surface area contributed by atoms with Crippen molar-refractivity contribution < 1.29 is 27.8 Å². The zero-order valence-electron chi connectivity index (χ0n) is 18.9. The Balaban J connectivity index is 1.62. The van der Waals surface area contributed by atoms with Crippen molar-refractivity contribution >= 4 is 21.5 Å². The van der Waals surface area contributed by atoms with Crippen molar-refractivity contribution in [1.29, 1.82) is 0 Å². The predicted octanol–water partition coefficient (Wildman–Crippen LogP) is 3.73. The molecule has 1 aliphatic rings. The summed E-state index contributed by atoms with van der Waals surface area (Å²) in [5, 5.41) is 8.93. The molecule has 0 atom stereocenters. The standard InChI is InChI=1S/C26H27NO6S/c1-26(20-9-4-2-5-10-20,21-11-6-3-7-12-21)34(30,31)18-16-27-15-17-32-25-22(27)13-8-14-23(25)33-19-24(28)29/h2-14H,15-19H2,1H3,(H,28,29). The molecule has 0 unspecified atom stereocenters. The van der Waals surface area contributed by atoms with Gasteiger partial charge in [-0.05, 0) is 30.2 Å². The zero-order chi connectivity index (χ0) is 24.2. The van der Waals surface area contributed by atoms with Crippen LogP contribution < -0.4 is 14.4 Å². The first-order valence-corrected chi connectivity index (χ1v) is 12.7. The Morgan fingerprint density at radius 1 is 1.00 bits per heavy atom. The maximum atomic E-state index is 13.9. The van der Waals surface area contributed by atoms with Gasteiger partial charge in [-0.3, -0.25) is 0 Å². The summed E-state index contributed by atoms with van der Waals surface area (Å²) in [4.78, 5) is 12.8. The van der Waals surface area contributed by atoms with Crippen LogP contribution in [0.25, 0.3) is 0 Å². The summed E-state index contributed by atoms with van der Waals surface area (Å²) >= 11 is 0. The van der Waals surface area contributed by atoms with E-state index in [1.54, 1.807) is 19.1 Å². The number of benzene rings is 3. The number of ether oxygens (including phenoxy) is 2. The van der Waals surface area contributed by atoms with Crippen LogP contribution in [-0.4, -0.2) is 51.5 Å². The van der Waals surface area contributed by atoms with Crippen molar-refractivity contribution in [2.45, 2.75) is 11.7 Å². The molecule has 1 N–H and O–H groups in total. The second-order valence-corrected chi connectivity index (χ2v) is 10.7. The smallest absolute Gasteiger partial charge is 0.341 e. The quantitative estimate of drug-likeness (QED) is 0.498. The number of rotatable bonds is 9. The lowest BCUT2D eigenvalue weighted by atomic mass is 9.92. The molecule has 0 radical (unpaired) electrons. The first-order valence-electron chi connectivity index (χ1n) is 11.0. The molecule has 1 heterocycles. The van der Waals surface area contributed by atoms with Gasteiger partial charge >= 0.3 is 5.97 Å². The fourth-order valence-corrected chi connectivity index (χ4v) is 6.09. The summed E-state index contributed by atoms with van der Waals surface area (Å²) in [5.41, 5.74) is 2.12. The van der Waals surface area contributed by atoms with Gasteiger partial charge in [0.25, 0.3) is 0 Å². The van der Waals surface area contributed by atoms with E-state index in [9.17, 15) is 13.2 Å². The third kappa shape index (κ3) is 4.59. The van der Waals surface area contributed by atoms with Gasteiger partial charge in [0.1, 0.15) is 11.4 Å². The number of para-hydroxylation sites is 1. The number of carboxylic acid groups (broad SMARTS) is 1. The summed E-state index contributed by atoms with van der Waals surface area (Å²) in [7, 11) is -3.65. The number of nitrogens with zero attached hydrogens (tertiary/aromatic N) is 1. The average Bonchev–Trinajstić information content (AvgIpc) is 2.86. The van der Waals surface area contributed by atoms with Crippen LogP contribution in [0.3, 0.4) is 0 Å². The Morgan fingerprint density at radius 2 is 1.62 bits per heavy atom. The van der Waals surface area contributed by atoms with Crippen LogP contribution >= 0.6 is 0 Å². The van der Waals surface area contributed by atoms with Crippen LogP contribution in [0.2, 0.25) is 0 Å². The number of aliphatic carboxylic acids is 1. The molecule has 0 bridgehead atoms. The van der Waals surface area contributed by atoms with Gasteiger partial charge < -0.3 is 19.5 Å². The van der Waals surface area contributed by atoms with Gasteiger partial charge in [-0.1, -0.05) is 66.7 Å². The van der Waals surface area contributed by atoms with Gasteiger partial charge in [-0.2, -0.15) is 0 Å². The van der Waals surface area contributed by atoms with Crippen LogP contribution in [-0.2, 0) is 19.4 Å². The van der Waals surface area contributed by atoms with E-state index in [-0.39, 0.29) is 12.3 Å².